The number of para-hydroxylation sites is 2. The number of rotatable bonds is 5. The molecule has 0 fully saturated rings. The smallest absolute Gasteiger partial charge is 0.122 e. The molecule has 61 heavy (non-hydrogen) atoms. The fourth-order valence-electron chi connectivity index (χ4n) is 10.4. The molecular formula is C57H36N4. The molecule has 10 aromatic carbocycles. The molecule has 0 radical (unpaired) electrons. The first-order chi connectivity index (χ1) is 30.2. The maximum atomic E-state index is 5.03. The number of hydrogen-bond acceptors (Lipinski definition) is 3. The van der Waals surface area contributed by atoms with Gasteiger partial charge in [0.05, 0.1) is 11.1 Å². The molecule has 284 valence electrons. The monoisotopic (exact) mass is 776 g/mol. The second-order valence-electron chi connectivity index (χ2n) is 16.2. The third kappa shape index (κ3) is 4.87. The molecule has 1 aromatic heterocycles. The Morgan fingerprint density at radius 1 is 0.377 bits per heavy atom. The van der Waals surface area contributed by atoms with Crippen molar-refractivity contribution in [1.29, 1.82) is 0 Å². The zero-order valence-electron chi connectivity index (χ0n) is 33.1. The molecular weight excluding hydrogens is 741 g/mol. The predicted octanol–water partition coefficient (Wildman–Crippen LogP) is 14.2. The molecule has 0 aliphatic heterocycles. The largest absolute Gasteiger partial charge is 0.310 e. The van der Waals surface area contributed by atoms with E-state index >= 15 is 0 Å². The molecule has 0 unspecified atom stereocenters. The van der Waals surface area contributed by atoms with Crippen LogP contribution in [0.3, 0.4) is 0 Å². The summed E-state index contributed by atoms with van der Waals surface area (Å²) < 4.78 is 0. The first kappa shape index (κ1) is 33.8. The van der Waals surface area contributed by atoms with Crippen molar-refractivity contribution in [3.63, 3.8) is 0 Å². The Bertz CT molecular complexity index is 3490. The highest BCUT2D eigenvalue weighted by Crippen LogP contribution is 2.63. The Morgan fingerprint density at radius 3 is 1.61 bits per heavy atom. The van der Waals surface area contributed by atoms with E-state index in [1.165, 1.54) is 55.3 Å². The van der Waals surface area contributed by atoms with Crippen LogP contribution < -0.4 is 4.90 Å². The minimum absolute atomic E-state index is 0.369. The molecule has 0 saturated carbocycles. The van der Waals surface area contributed by atoms with Gasteiger partial charge in [-0.25, -0.2) is 0 Å². The molecule has 11 aromatic rings. The molecule has 0 N–H and O–H groups in total. The van der Waals surface area contributed by atoms with Crippen LogP contribution in [0.15, 0.2) is 218 Å². The van der Waals surface area contributed by atoms with Crippen LogP contribution in [0.5, 0.6) is 0 Å². The highest BCUT2D eigenvalue weighted by atomic mass is 15.5. The second-order valence-corrected chi connectivity index (χ2v) is 16.2. The molecule has 13 rings (SSSR count). The standard InChI is InChI=1S/C57H36N4/c1-3-13-41(14-4-1)60(44-32-33-53-49(36-44)47-19-9-12-22-52(47)57(53)50-20-10-7-17-45(50)46-18-8-11-21-51(46)57)42-30-27-37(28-31-42)40-26-24-38-23-25-39-29-34-54-56(55(39)48(38)35-40)59-61(58-54)43-15-5-2-6-16-43/h1-36H. The summed E-state index contributed by atoms with van der Waals surface area (Å²) in [5.74, 6) is 0. The van der Waals surface area contributed by atoms with E-state index in [0.717, 1.165) is 55.7 Å². The van der Waals surface area contributed by atoms with Gasteiger partial charge in [-0.2, -0.15) is 4.80 Å². The van der Waals surface area contributed by atoms with Crippen molar-refractivity contribution in [2.24, 2.45) is 0 Å². The van der Waals surface area contributed by atoms with E-state index in [9.17, 15) is 0 Å². The summed E-state index contributed by atoms with van der Waals surface area (Å²) in [4.78, 5) is 4.13. The minimum atomic E-state index is -0.369. The summed E-state index contributed by atoms with van der Waals surface area (Å²) in [5.41, 5.74) is 18.6. The van der Waals surface area contributed by atoms with E-state index in [0.29, 0.717) is 0 Å². The summed E-state index contributed by atoms with van der Waals surface area (Å²) in [5, 5.41) is 14.5. The molecule has 4 nitrogen and oxygen atoms in total. The van der Waals surface area contributed by atoms with Gasteiger partial charge in [0.15, 0.2) is 0 Å². The number of aromatic nitrogens is 3. The van der Waals surface area contributed by atoms with Gasteiger partial charge in [-0.3, -0.25) is 0 Å². The number of hydrogen-bond donors (Lipinski definition) is 0. The Kier molecular flexibility index (Phi) is 7.19. The molecule has 1 heterocycles. The van der Waals surface area contributed by atoms with E-state index in [1.807, 2.05) is 30.3 Å². The lowest BCUT2D eigenvalue weighted by atomic mass is 9.70. The van der Waals surface area contributed by atoms with Crippen molar-refractivity contribution in [3.8, 4) is 39.1 Å². The molecule has 0 saturated heterocycles. The molecule has 0 atom stereocenters. The van der Waals surface area contributed by atoms with Gasteiger partial charge in [-0.15, -0.1) is 10.2 Å². The van der Waals surface area contributed by atoms with Crippen LogP contribution in [0.1, 0.15) is 22.3 Å². The van der Waals surface area contributed by atoms with Gasteiger partial charge in [-0.1, -0.05) is 158 Å². The van der Waals surface area contributed by atoms with Gasteiger partial charge >= 0.3 is 0 Å². The van der Waals surface area contributed by atoms with Crippen LogP contribution in [0.2, 0.25) is 0 Å². The van der Waals surface area contributed by atoms with Gasteiger partial charge in [0.2, 0.25) is 0 Å². The zero-order chi connectivity index (χ0) is 40.1. The Hall–Kier alpha value is -8.08. The van der Waals surface area contributed by atoms with Gasteiger partial charge in [-0.05, 0) is 132 Å². The molecule has 2 aliphatic rings. The van der Waals surface area contributed by atoms with Crippen molar-refractivity contribution >= 4 is 49.6 Å². The van der Waals surface area contributed by atoms with Crippen molar-refractivity contribution < 1.29 is 0 Å². The van der Waals surface area contributed by atoms with Crippen LogP contribution in [0.25, 0.3) is 71.6 Å². The fraction of sp³-hybridized carbons (Fsp3) is 0.0175. The third-order valence-corrected chi connectivity index (χ3v) is 13.1. The summed E-state index contributed by atoms with van der Waals surface area (Å²) in [6.07, 6.45) is 0. The topological polar surface area (TPSA) is 34.0 Å². The van der Waals surface area contributed by atoms with Gasteiger partial charge in [0.25, 0.3) is 0 Å². The lowest BCUT2D eigenvalue weighted by Crippen LogP contribution is -2.25. The van der Waals surface area contributed by atoms with Crippen LogP contribution in [0, 0.1) is 0 Å². The summed E-state index contributed by atoms with van der Waals surface area (Å²) in [6.45, 7) is 0. The van der Waals surface area contributed by atoms with Crippen molar-refractivity contribution in [2.75, 3.05) is 4.90 Å². The highest BCUT2D eigenvalue weighted by Gasteiger charge is 2.51. The normalized spacial score (nSPS) is 13.0. The first-order valence-corrected chi connectivity index (χ1v) is 20.9. The SMILES string of the molecule is c1ccc(N(c2ccc(-c3ccc4ccc5ccc6nn(-c7ccccc7)nc6c5c4c3)cc2)c2ccc3c(c2)-c2ccccc2C32c3ccccc3-c3ccccc32)cc1. The molecule has 2 aliphatic carbocycles. The van der Waals surface area contributed by atoms with Crippen molar-refractivity contribution in [1.82, 2.24) is 15.0 Å². The lowest BCUT2D eigenvalue weighted by Gasteiger charge is -2.31. The van der Waals surface area contributed by atoms with E-state index in [1.54, 1.807) is 4.80 Å². The van der Waals surface area contributed by atoms with Crippen molar-refractivity contribution in [2.45, 2.75) is 5.41 Å². The van der Waals surface area contributed by atoms with E-state index in [-0.39, 0.29) is 5.41 Å². The quantitative estimate of drug-likeness (QED) is 0.163. The van der Waals surface area contributed by atoms with Gasteiger partial charge < -0.3 is 4.90 Å². The van der Waals surface area contributed by atoms with E-state index in [4.69, 9.17) is 10.2 Å². The minimum Gasteiger partial charge on any atom is -0.310 e. The van der Waals surface area contributed by atoms with Crippen LogP contribution in [-0.2, 0) is 5.41 Å². The van der Waals surface area contributed by atoms with Gasteiger partial charge in [0.1, 0.15) is 11.0 Å². The number of nitrogens with zero attached hydrogens (tertiary/aromatic N) is 4. The zero-order valence-corrected chi connectivity index (χ0v) is 33.1. The number of anilines is 3. The fourth-order valence-corrected chi connectivity index (χ4v) is 10.4. The van der Waals surface area contributed by atoms with Gasteiger partial charge in [0, 0.05) is 22.4 Å². The van der Waals surface area contributed by atoms with E-state index in [2.05, 4.69) is 193 Å². The predicted molar refractivity (Wildman–Crippen MR) is 250 cm³/mol. The average Bonchev–Trinajstić information content (AvgIpc) is 4.00. The second kappa shape index (κ2) is 13.0. The van der Waals surface area contributed by atoms with Crippen LogP contribution in [-0.4, -0.2) is 15.0 Å². The Balaban J connectivity index is 0.931. The number of benzene rings is 10. The average molecular weight is 777 g/mol. The molecule has 4 heteroatoms. The van der Waals surface area contributed by atoms with Crippen molar-refractivity contribution in [3.05, 3.63) is 241 Å². The van der Waals surface area contributed by atoms with Crippen LogP contribution >= 0.6 is 0 Å². The van der Waals surface area contributed by atoms with E-state index < -0.39 is 0 Å². The summed E-state index contributed by atoms with van der Waals surface area (Å²) in [6, 6.07) is 79.4. The molecule has 1 spiro atoms. The summed E-state index contributed by atoms with van der Waals surface area (Å²) in [7, 11) is 0. The molecule has 0 amide bonds. The maximum absolute atomic E-state index is 5.03. The summed E-state index contributed by atoms with van der Waals surface area (Å²) >= 11 is 0. The Morgan fingerprint density at radius 2 is 0.902 bits per heavy atom. The Labute approximate surface area is 353 Å². The third-order valence-electron chi connectivity index (χ3n) is 13.1. The van der Waals surface area contributed by atoms with Crippen LogP contribution in [0.4, 0.5) is 17.1 Å². The highest BCUT2D eigenvalue weighted by molar-refractivity contribution is 6.19. The number of fused-ring (bicyclic) bond motifs is 15. The lowest BCUT2D eigenvalue weighted by molar-refractivity contribution is 0.766. The first-order valence-electron chi connectivity index (χ1n) is 20.9. The molecule has 0 bridgehead atoms. The maximum Gasteiger partial charge on any atom is 0.122 e.